The number of aryl methyl sites for hydroxylation is 2. The highest BCUT2D eigenvalue weighted by molar-refractivity contribution is 7.89. The van der Waals surface area contributed by atoms with Crippen LogP contribution in [0.2, 0.25) is 0 Å². The van der Waals surface area contributed by atoms with Crippen molar-refractivity contribution in [2.24, 2.45) is 13.0 Å². The van der Waals surface area contributed by atoms with E-state index in [2.05, 4.69) is 43.7 Å². The lowest BCUT2D eigenvalue weighted by Crippen LogP contribution is -2.32. The van der Waals surface area contributed by atoms with Crippen molar-refractivity contribution in [1.29, 1.82) is 0 Å². The molecule has 8 heteroatoms. The summed E-state index contributed by atoms with van der Waals surface area (Å²) < 4.78 is 30.3. The summed E-state index contributed by atoms with van der Waals surface area (Å²) in [7, 11) is -1.14. The summed E-state index contributed by atoms with van der Waals surface area (Å²) in [6.45, 7) is 7.79. The molecule has 7 nitrogen and oxygen atoms in total. The first kappa shape index (κ1) is 19.1. The Morgan fingerprint density at radius 1 is 1.35 bits per heavy atom. The largest absolute Gasteiger partial charge is 0.350 e. The Balaban J connectivity index is 1.69. The van der Waals surface area contributed by atoms with Crippen LogP contribution in [0.3, 0.4) is 0 Å². The summed E-state index contributed by atoms with van der Waals surface area (Å²) in [5.74, 6) is 0.531. The van der Waals surface area contributed by atoms with Gasteiger partial charge in [0.05, 0.1) is 17.1 Å². The zero-order valence-electron chi connectivity index (χ0n) is 15.9. The average Bonchev–Trinajstić information content (AvgIpc) is 3.08. The lowest BCUT2D eigenvalue weighted by Gasteiger charge is -2.24. The second kappa shape index (κ2) is 7.94. The number of nitrogens with one attached hydrogen (secondary N) is 1. The average molecular weight is 380 g/mol. The molecule has 0 aromatic carbocycles. The molecule has 3 heterocycles. The maximum atomic E-state index is 11.7. The van der Waals surface area contributed by atoms with Crippen LogP contribution in [0, 0.1) is 12.8 Å². The number of hydrogen-bond acceptors (Lipinski definition) is 4. The van der Waals surface area contributed by atoms with Crippen LogP contribution >= 0.6 is 0 Å². The third kappa shape index (κ3) is 4.75. The van der Waals surface area contributed by atoms with Crippen LogP contribution in [0.15, 0.2) is 24.4 Å². The van der Waals surface area contributed by atoms with Gasteiger partial charge in [0.25, 0.3) is 0 Å². The van der Waals surface area contributed by atoms with Crippen molar-refractivity contribution in [3.63, 3.8) is 0 Å². The van der Waals surface area contributed by atoms with Crippen molar-refractivity contribution < 1.29 is 8.42 Å². The van der Waals surface area contributed by atoms with Gasteiger partial charge in [-0.05, 0) is 44.4 Å². The van der Waals surface area contributed by atoms with Gasteiger partial charge in [-0.25, -0.2) is 13.1 Å². The Hall–Kier alpha value is -1.64. The van der Waals surface area contributed by atoms with Crippen molar-refractivity contribution in [2.75, 3.05) is 18.8 Å². The molecule has 0 aliphatic carbocycles. The van der Waals surface area contributed by atoms with Crippen LogP contribution in [0.4, 0.5) is 0 Å². The van der Waals surface area contributed by atoms with Crippen LogP contribution in [0.1, 0.15) is 30.4 Å². The molecule has 1 N–H and O–H groups in total. The fourth-order valence-electron chi connectivity index (χ4n) is 3.63. The topological polar surface area (TPSA) is 72.2 Å². The first-order valence-electron chi connectivity index (χ1n) is 9.19. The minimum atomic E-state index is -3.13. The van der Waals surface area contributed by atoms with E-state index in [-0.39, 0.29) is 5.75 Å². The quantitative estimate of drug-likeness (QED) is 0.791. The van der Waals surface area contributed by atoms with Crippen LogP contribution in [-0.4, -0.2) is 46.5 Å². The van der Waals surface area contributed by atoms with Crippen molar-refractivity contribution >= 4 is 10.0 Å². The van der Waals surface area contributed by atoms with Gasteiger partial charge in [0, 0.05) is 51.7 Å². The summed E-state index contributed by atoms with van der Waals surface area (Å²) in [4.78, 5) is 2.44. The molecular formula is C18H29N5O2S. The van der Waals surface area contributed by atoms with E-state index in [0.717, 1.165) is 38.3 Å². The standard InChI is InChI=1S/C18H29N5O2S/c1-4-26(24,25)19-8-7-16-11-22(13-17-6-5-9-23(17)12-16)14-18-10-15(2)20-21(18)3/h5-6,9-10,16,19H,4,7-8,11-14H2,1-3H3. The van der Waals surface area contributed by atoms with Crippen LogP contribution in [0.25, 0.3) is 0 Å². The van der Waals surface area contributed by atoms with Crippen molar-refractivity contribution in [3.05, 3.63) is 41.5 Å². The minimum Gasteiger partial charge on any atom is -0.350 e. The normalized spacial score (nSPS) is 18.7. The first-order chi connectivity index (χ1) is 12.4. The molecule has 2 aromatic heterocycles. The van der Waals surface area contributed by atoms with E-state index < -0.39 is 10.0 Å². The fraction of sp³-hybridized carbons (Fsp3) is 0.611. The van der Waals surface area contributed by atoms with Crippen molar-refractivity contribution in [2.45, 2.75) is 39.9 Å². The Morgan fingerprint density at radius 3 is 2.85 bits per heavy atom. The predicted octanol–water partition coefficient (Wildman–Crippen LogP) is 1.49. The van der Waals surface area contributed by atoms with Crippen molar-refractivity contribution in [3.8, 4) is 0 Å². The minimum absolute atomic E-state index is 0.130. The van der Waals surface area contributed by atoms with Gasteiger partial charge in [0.1, 0.15) is 0 Å². The Morgan fingerprint density at radius 2 is 2.15 bits per heavy atom. The molecule has 1 aliphatic heterocycles. The van der Waals surface area contributed by atoms with Gasteiger partial charge in [-0.15, -0.1) is 0 Å². The Kier molecular flexibility index (Phi) is 5.84. The molecule has 0 bridgehead atoms. The molecule has 1 aliphatic rings. The predicted molar refractivity (Wildman–Crippen MR) is 102 cm³/mol. The number of sulfonamides is 1. The second-order valence-corrected chi connectivity index (χ2v) is 9.27. The van der Waals surface area contributed by atoms with Crippen LogP contribution in [-0.2, 0) is 36.7 Å². The van der Waals surface area contributed by atoms with Gasteiger partial charge >= 0.3 is 0 Å². The molecule has 3 rings (SSSR count). The maximum absolute atomic E-state index is 11.7. The van der Waals surface area contributed by atoms with Crippen LogP contribution in [0.5, 0.6) is 0 Å². The van der Waals surface area contributed by atoms with Crippen molar-refractivity contribution in [1.82, 2.24) is 24.0 Å². The third-order valence-electron chi connectivity index (χ3n) is 5.02. The Labute approximate surface area is 156 Å². The summed E-state index contributed by atoms with van der Waals surface area (Å²) in [6, 6.07) is 6.39. The number of rotatable bonds is 7. The zero-order valence-corrected chi connectivity index (χ0v) is 16.7. The molecule has 0 amide bonds. The number of hydrogen-bond donors (Lipinski definition) is 1. The van der Waals surface area contributed by atoms with Gasteiger partial charge in [0.2, 0.25) is 10.0 Å². The highest BCUT2D eigenvalue weighted by Crippen LogP contribution is 2.21. The molecule has 0 spiro atoms. The van der Waals surface area contributed by atoms with Gasteiger partial charge in [0.15, 0.2) is 0 Å². The van der Waals surface area contributed by atoms with E-state index >= 15 is 0 Å². The third-order valence-corrected chi connectivity index (χ3v) is 6.42. The second-order valence-electron chi connectivity index (χ2n) is 7.17. The SMILES string of the molecule is CCS(=O)(=O)NCCC1CN(Cc2cc(C)nn2C)Cc2cccn2C1. The van der Waals surface area contributed by atoms with E-state index in [9.17, 15) is 8.42 Å². The number of fused-ring (bicyclic) bond motifs is 1. The van der Waals surface area contributed by atoms with Gasteiger partial charge in [-0.2, -0.15) is 5.10 Å². The summed E-state index contributed by atoms with van der Waals surface area (Å²) in [5, 5.41) is 4.45. The van der Waals surface area contributed by atoms with Gasteiger partial charge in [-0.1, -0.05) is 0 Å². The van der Waals surface area contributed by atoms with E-state index in [1.807, 2.05) is 18.7 Å². The molecule has 1 atom stereocenters. The summed E-state index contributed by atoms with van der Waals surface area (Å²) in [6.07, 6.45) is 2.95. The molecule has 0 radical (unpaired) electrons. The maximum Gasteiger partial charge on any atom is 0.211 e. The molecule has 0 fully saturated rings. The number of aromatic nitrogens is 3. The first-order valence-corrected chi connectivity index (χ1v) is 10.8. The molecule has 144 valence electrons. The van der Waals surface area contributed by atoms with E-state index in [1.54, 1.807) is 6.92 Å². The highest BCUT2D eigenvalue weighted by Gasteiger charge is 2.22. The Bertz CT molecular complexity index is 840. The molecule has 2 aromatic rings. The summed E-state index contributed by atoms with van der Waals surface area (Å²) in [5.41, 5.74) is 3.54. The van der Waals surface area contributed by atoms with Crippen LogP contribution < -0.4 is 4.72 Å². The smallest absolute Gasteiger partial charge is 0.211 e. The van der Waals surface area contributed by atoms with E-state index in [4.69, 9.17) is 0 Å². The molecular weight excluding hydrogens is 350 g/mol. The zero-order chi connectivity index (χ0) is 18.7. The summed E-state index contributed by atoms with van der Waals surface area (Å²) >= 11 is 0. The molecule has 0 saturated heterocycles. The lowest BCUT2D eigenvalue weighted by molar-refractivity contribution is 0.211. The number of nitrogens with zero attached hydrogens (tertiary/aromatic N) is 4. The molecule has 0 saturated carbocycles. The van der Waals surface area contributed by atoms with Gasteiger partial charge < -0.3 is 4.57 Å². The van der Waals surface area contributed by atoms with E-state index in [1.165, 1.54) is 11.4 Å². The van der Waals surface area contributed by atoms with Gasteiger partial charge in [-0.3, -0.25) is 9.58 Å². The molecule has 1 unspecified atom stereocenters. The fourth-order valence-corrected chi connectivity index (χ4v) is 4.26. The highest BCUT2D eigenvalue weighted by atomic mass is 32.2. The monoisotopic (exact) mass is 379 g/mol. The molecule has 26 heavy (non-hydrogen) atoms. The lowest BCUT2D eigenvalue weighted by atomic mass is 10.1. The van der Waals surface area contributed by atoms with E-state index in [0.29, 0.717) is 12.5 Å².